The summed E-state index contributed by atoms with van der Waals surface area (Å²) in [5, 5.41) is 0. The quantitative estimate of drug-likeness (QED) is 0.645. The van der Waals surface area contributed by atoms with Crippen LogP contribution >= 0.6 is 0 Å². The van der Waals surface area contributed by atoms with Gasteiger partial charge in [0.2, 0.25) is 0 Å². The number of nitrogen functional groups attached to an aromatic ring is 1. The number of Topliss-reactive ketones (excluding diaryl/α,β-unsaturated/α-hetero) is 1. The highest BCUT2D eigenvalue weighted by molar-refractivity contribution is 5.96. The van der Waals surface area contributed by atoms with Crippen molar-refractivity contribution in [1.82, 2.24) is 0 Å². The van der Waals surface area contributed by atoms with E-state index in [1.165, 1.54) is 0 Å². The van der Waals surface area contributed by atoms with Gasteiger partial charge in [0.25, 0.3) is 0 Å². The van der Waals surface area contributed by atoms with Gasteiger partial charge >= 0.3 is 0 Å². The lowest BCUT2D eigenvalue weighted by molar-refractivity contribution is 0.0983. The highest BCUT2D eigenvalue weighted by atomic mass is 16.5. The van der Waals surface area contributed by atoms with Gasteiger partial charge in [-0.2, -0.15) is 0 Å². The van der Waals surface area contributed by atoms with Gasteiger partial charge in [-0.05, 0) is 55.3 Å². The molecular weight excluding hydrogens is 250 g/mol. The van der Waals surface area contributed by atoms with Gasteiger partial charge in [0, 0.05) is 17.7 Å². The first-order valence-corrected chi connectivity index (χ1v) is 6.79. The summed E-state index contributed by atoms with van der Waals surface area (Å²) in [4.78, 5) is 12.1. The molecule has 0 saturated carbocycles. The lowest BCUT2D eigenvalue weighted by Gasteiger charge is -2.05. The number of anilines is 1. The number of rotatable bonds is 6. The first-order chi connectivity index (χ1) is 9.69. The van der Waals surface area contributed by atoms with Crippen molar-refractivity contribution in [3.8, 4) is 5.75 Å². The molecule has 0 fully saturated rings. The molecule has 104 valence electrons. The number of aryl methyl sites for hydroxylation is 1. The maximum Gasteiger partial charge on any atom is 0.163 e. The monoisotopic (exact) mass is 269 g/mol. The first-order valence-electron chi connectivity index (χ1n) is 6.79. The van der Waals surface area contributed by atoms with Crippen LogP contribution in [0.3, 0.4) is 0 Å². The number of carbonyl (C=O) groups excluding carboxylic acids is 1. The van der Waals surface area contributed by atoms with E-state index in [-0.39, 0.29) is 5.78 Å². The number of ketones is 1. The molecule has 20 heavy (non-hydrogen) atoms. The highest BCUT2D eigenvalue weighted by Crippen LogP contribution is 2.15. The molecule has 2 N–H and O–H groups in total. The summed E-state index contributed by atoms with van der Waals surface area (Å²) >= 11 is 0. The van der Waals surface area contributed by atoms with Crippen molar-refractivity contribution in [3.05, 3.63) is 59.7 Å². The fraction of sp³-hybridized carbons (Fsp3) is 0.235. The second-order valence-corrected chi connectivity index (χ2v) is 4.62. The topological polar surface area (TPSA) is 52.3 Å². The molecule has 2 rings (SSSR count). The Kier molecular flexibility index (Phi) is 4.77. The van der Waals surface area contributed by atoms with Crippen LogP contribution in [0.5, 0.6) is 5.75 Å². The molecule has 0 saturated heterocycles. The minimum Gasteiger partial charge on any atom is -0.494 e. The Labute approximate surface area is 119 Å². The minimum atomic E-state index is 0.143. The maximum atomic E-state index is 12.1. The molecule has 3 heteroatoms. The number of carbonyl (C=O) groups is 1. The zero-order chi connectivity index (χ0) is 14.4. The number of ether oxygens (including phenoxy) is 1. The first kappa shape index (κ1) is 14.1. The Bertz CT molecular complexity index is 559. The van der Waals surface area contributed by atoms with E-state index in [0.29, 0.717) is 13.0 Å². The zero-order valence-electron chi connectivity index (χ0n) is 11.6. The molecule has 3 nitrogen and oxygen atoms in total. The predicted octanol–water partition coefficient (Wildman–Crippen LogP) is 3.48. The fourth-order valence-corrected chi connectivity index (χ4v) is 1.99. The van der Waals surface area contributed by atoms with Gasteiger partial charge in [0.1, 0.15) is 5.75 Å². The average molecular weight is 269 g/mol. The van der Waals surface area contributed by atoms with Crippen molar-refractivity contribution < 1.29 is 9.53 Å². The number of nitrogens with two attached hydrogens (primary N) is 1. The average Bonchev–Trinajstić information content (AvgIpc) is 2.47. The van der Waals surface area contributed by atoms with Crippen molar-refractivity contribution in [1.29, 1.82) is 0 Å². The fourth-order valence-electron chi connectivity index (χ4n) is 1.99. The van der Waals surface area contributed by atoms with E-state index in [0.717, 1.165) is 29.0 Å². The molecular formula is C17H19NO2. The third-order valence-electron chi connectivity index (χ3n) is 3.11. The summed E-state index contributed by atoms with van der Waals surface area (Å²) in [6, 6.07) is 14.9. The third kappa shape index (κ3) is 3.85. The Hall–Kier alpha value is -2.29. The molecule has 0 aromatic heterocycles. The van der Waals surface area contributed by atoms with Gasteiger partial charge in [0.05, 0.1) is 6.61 Å². The predicted molar refractivity (Wildman–Crippen MR) is 81.1 cm³/mol. The van der Waals surface area contributed by atoms with Crippen LogP contribution in [0.15, 0.2) is 48.5 Å². The lowest BCUT2D eigenvalue weighted by atomic mass is 10.0. The molecule has 0 aliphatic carbocycles. The van der Waals surface area contributed by atoms with Gasteiger partial charge in [-0.3, -0.25) is 4.79 Å². The van der Waals surface area contributed by atoms with Gasteiger partial charge in [-0.25, -0.2) is 0 Å². The molecule has 2 aromatic carbocycles. The van der Waals surface area contributed by atoms with Gasteiger partial charge in [0.15, 0.2) is 5.78 Å². The van der Waals surface area contributed by atoms with Crippen molar-refractivity contribution in [2.45, 2.75) is 19.8 Å². The molecule has 0 aliphatic rings. The van der Waals surface area contributed by atoms with Gasteiger partial charge in [-0.1, -0.05) is 12.1 Å². The van der Waals surface area contributed by atoms with Crippen molar-refractivity contribution in [2.24, 2.45) is 0 Å². The van der Waals surface area contributed by atoms with E-state index >= 15 is 0 Å². The van der Waals surface area contributed by atoms with E-state index < -0.39 is 0 Å². The summed E-state index contributed by atoms with van der Waals surface area (Å²) in [6.07, 6.45) is 1.23. The normalized spacial score (nSPS) is 10.2. The SMILES string of the molecule is CCOc1ccc(C(=O)CCc2ccc(N)cc2)cc1. The summed E-state index contributed by atoms with van der Waals surface area (Å²) < 4.78 is 5.36. The van der Waals surface area contributed by atoms with Crippen LogP contribution in [0.1, 0.15) is 29.3 Å². The second-order valence-electron chi connectivity index (χ2n) is 4.62. The summed E-state index contributed by atoms with van der Waals surface area (Å²) in [5.74, 6) is 0.937. The molecule has 0 atom stereocenters. The minimum absolute atomic E-state index is 0.143. The lowest BCUT2D eigenvalue weighted by Crippen LogP contribution is -2.01. The second kappa shape index (κ2) is 6.75. The van der Waals surface area contributed by atoms with Crippen LogP contribution in [-0.4, -0.2) is 12.4 Å². The number of benzene rings is 2. The molecule has 2 aromatic rings. The van der Waals surface area contributed by atoms with Crippen LogP contribution in [0.25, 0.3) is 0 Å². The number of hydrogen-bond donors (Lipinski definition) is 1. The largest absolute Gasteiger partial charge is 0.494 e. The van der Waals surface area contributed by atoms with Crippen LogP contribution in [-0.2, 0) is 6.42 Å². The van der Waals surface area contributed by atoms with Crippen LogP contribution in [0.4, 0.5) is 5.69 Å². The van der Waals surface area contributed by atoms with E-state index in [1.807, 2.05) is 55.5 Å². The Balaban J connectivity index is 1.92. The van der Waals surface area contributed by atoms with Crippen molar-refractivity contribution >= 4 is 11.5 Å². The molecule has 0 bridgehead atoms. The third-order valence-corrected chi connectivity index (χ3v) is 3.11. The van der Waals surface area contributed by atoms with Gasteiger partial charge in [-0.15, -0.1) is 0 Å². The highest BCUT2D eigenvalue weighted by Gasteiger charge is 2.06. The Morgan fingerprint density at radius 3 is 2.30 bits per heavy atom. The smallest absolute Gasteiger partial charge is 0.163 e. The van der Waals surface area contributed by atoms with E-state index in [1.54, 1.807) is 0 Å². The molecule has 0 aliphatic heterocycles. The summed E-state index contributed by atoms with van der Waals surface area (Å²) in [7, 11) is 0. The van der Waals surface area contributed by atoms with Crippen LogP contribution in [0, 0.1) is 0 Å². The van der Waals surface area contributed by atoms with Crippen LogP contribution in [0.2, 0.25) is 0 Å². The van der Waals surface area contributed by atoms with Crippen LogP contribution < -0.4 is 10.5 Å². The summed E-state index contributed by atoms with van der Waals surface area (Å²) in [5.41, 5.74) is 8.23. The zero-order valence-corrected chi connectivity index (χ0v) is 11.6. The summed E-state index contributed by atoms with van der Waals surface area (Å²) in [6.45, 7) is 2.57. The Morgan fingerprint density at radius 1 is 1.05 bits per heavy atom. The van der Waals surface area contributed by atoms with E-state index in [9.17, 15) is 4.79 Å². The maximum absolute atomic E-state index is 12.1. The molecule has 0 heterocycles. The van der Waals surface area contributed by atoms with E-state index in [2.05, 4.69) is 0 Å². The standard InChI is InChI=1S/C17H19NO2/c1-2-20-16-10-6-14(7-11-16)17(19)12-5-13-3-8-15(18)9-4-13/h3-4,6-11H,2,5,12,18H2,1H3. The molecule has 0 radical (unpaired) electrons. The molecule has 0 amide bonds. The Morgan fingerprint density at radius 2 is 1.70 bits per heavy atom. The van der Waals surface area contributed by atoms with E-state index in [4.69, 9.17) is 10.5 Å². The molecule has 0 unspecified atom stereocenters. The van der Waals surface area contributed by atoms with Gasteiger partial charge < -0.3 is 10.5 Å². The molecule has 0 spiro atoms. The van der Waals surface area contributed by atoms with Crippen molar-refractivity contribution in [3.63, 3.8) is 0 Å². The number of hydrogen-bond acceptors (Lipinski definition) is 3. The van der Waals surface area contributed by atoms with Crippen molar-refractivity contribution in [2.75, 3.05) is 12.3 Å².